The zero-order chi connectivity index (χ0) is 14.7. The van der Waals surface area contributed by atoms with Crippen LogP contribution in [0.1, 0.15) is 5.56 Å². The molecule has 0 radical (unpaired) electrons. The third-order valence-electron chi connectivity index (χ3n) is 2.68. The van der Waals surface area contributed by atoms with E-state index in [-0.39, 0.29) is 11.3 Å². The van der Waals surface area contributed by atoms with E-state index in [1.807, 2.05) is 0 Å². The van der Waals surface area contributed by atoms with Crippen LogP contribution >= 0.6 is 0 Å². The van der Waals surface area contributed by atoms with Crippen molar-refractivity contribution in [3.8, 4) is 0 Å². The second kappa shape index (κ2) is 5.79. The van der Waals surface area contributed by atoms with Gasteiger partial charge in [0.2, 0.25) is 5.82 Å². The molecule has 0 aliphatic carbocycles. The number of nitrogens with zero attached hydrogens (tertiary/aromatic N) is 1. The van der Waals surface area contributed by atoms with Gasteiger partial charge in [-0.1, -0.05) is 12.1 Å². The first-order chi connectivity index (χ1) is 9.49. The summed E-state index contributed by atoms with van der Waals surface area (Å²) in [6, 6.07) is 10.2. The Labute approximate surface area is 116 Å². The quantitative estimate of drug-likeness (QED) is 0.533. The van der Waals surface area contributed by atoms with Gasteiger partial charge in [-0.05, 0) is 24.3 Å². The van der Waals surface area contributed by atoms with Crippen molar-refractivity contribution in [2.24, 2.45) is 0 Å². The van der Waals surface area contributed by atoms with Crippen molar-refractivity contribution >= 4 is 22.2 Å². The van der Waals surface area contributed by atoms with Crippen molar-refractivity contribution in [2.75, 3.05) is 5.73 Å². The number of nitro benzene ring substituents is 1. The van der Waals surface area contributed by atoms with Gasteiger partial charge in [0.1, 0.15) is 0 Å². The van der Waals surface area contributed by atoms with E-state index >= 15 is 0 Å². The second-order valence-corrected chi connectivity index (χ2v) is 5.52. The summed E-state index contributed by atoms with van der Waals surface area (Å²) in [5, 5.41) is 10.6. The van der Waals surface area contributed by atoms with Crippen LogP contribution in [0, 0.1) is 15.9 Å². The third kappa shape index (κ3) is 3.00. The number of rotatable bonds is 4. The Hall–Kier alpha value is -2.28. The van der Waals surface area contributed by atoms with E-state index in [9.17, 15) is 18.7 Å². The summed E-state index contributed by atoms with van der Waals surface area (Å²) >= 11 is 0. The summed E-state index contributed by atoms with van der Waals surface area (Å²) in [7, 11) is -1.49. The first-order valence-electron chi connectivity index (χ1n) is 5.64. The van der Waals surface area contributed by atoms with Crippen LogP contribution < -0.4 is 5.73 Å². The normalized spacial score (nSPS) is 12.1. The molecule has 2 rings (SSSR count). The fraction of sp³-hybridized carbons (Fsp3) is 0.0769. The third-order valence-corrected chi connectivity index (χ3v) is 4.06. The van der Waals surface area contributed by atoms with E-state index in [4.69, 9.17) is 5.73 Å². The van der Waals surface area contributed by atoms with Crippen LogP contribution in [0.25, 0.3) is 0 Å². The number of halogens is 1. The van der Waals surface area contributed by atoms with Gasteiger partial charge in [-0.3, -0.25) is 14.3 Å². The van der Waals surface area contributed by atoms with E-state index < -0.39 is 27.2 Å². The number of nitrogen functional groups attached to an aromatic ring is 1. The van der Waals surface area contributed by atoms with Gasteiger partial charge in [0.25, 0.3) is 0 Å². The highest BCUT2D eigenvalue weighted by atomic mass is 32.2. The maximum absolute atomic E-state index is 13.9. The van der Waals surface area contributed by atoms with E-state index in [1.165, 1.54) is 12.1 Å². The molecule has 0 aliphatic heterocycles. The predicted molar refractivity (Wildman–Crippen MR) is 74.0 cm³/mol. The van der Waals surface area contributed by atoms with Gasteiger partial charge in [0, 0.05) is 22.2 Å². The van der Waals surface area contributed by atoms with Gasteiger partial charge in [-0.2, -0.15) is 4.39 Å². The van der Waals surface area contributed by atoms with Crippen LogP contribution in [0.3, 0.4) is 0 Å². The van der Waals surface area contributed by atoms with Gasteiger partial charge in [-0.15, -0.1) is 0 Å². The Bertz CT molecular complexity index is 674. The van der Waals surface area contributed by atoms with Crippen molar-refractivity contribution in [3.05, 3.63) is 64.0 Å². The van der Waals surface area contributed by atoms with Crippen molar-refractivity contribution in [1.82, 2.24) is 0 Å². The average Bonchev–Trinajstić information content (AvgIpc) is 2.41. The number of anilines is 1. The number of nitro groups is 1. The zero-order valence-corrected chi connectivity index (χ0v) is 11.1. The number of benzene rings is 2. The molecule has 0 heterocycles. The van der Waals surface area contributed by atoms with Crippen molar-refractivity contribution in [1.29, 1.82) is 0 Å². The fourth-order valence-corrected chi connectivity index (χ4v) is 2.77. The minimum atomic E-state index is -1.49. The molecule has 0 bridgehead atoms. The van der Waals surface area contributed by atoms with E-state index in [0.29, 0.717) is 10.6 Å². The lowest BCUT2D eigenvalue weighted by atomic mass is 10.2. The highest BCUT2D eigenvalue weighted by molar-refractivity contribution is 7.84. The fourth-order valence-electron chi connectivity index (χ4n) is 1.66. The second-order valence-electron chi connectivity index (χ2n) is 4.07. The summed E-state index contributed by atoms with van der Waals surface area (Å²) in [5.41, 5.74) is 5.49. The Morgan fingerprint density at radius 1 is 1.20 bits per heavy atom. The molecular formula is C13H11FN2O3S. The minimum absolute atomic E-state index is 0.0503. The van der Waals surface area contributed by atoms with Gasteiger partial charge in [0.15, 0.2) is 0 Å². The van der Waals surface area contributed by atoms with Gasteiger partial charge in [-0.25, -0.2) is 0 Å². The highest BCUT2D eigenvalue weighted by Gasteiger charge is 2.18. The molecule has 0 amide bonds. The molecule has 0 aliphatic rings. The predicted octanol–water partition coefficient (Wildman–Crippen LogP) is 2.62. The van der Waals surface area contributed by atoms with Gasteiger partial charge in [0.05, 0.1) is 21.5 Å². The van der Waals surface area contributed by atoms with Crippen LogP contribution in [0.2, 0.25) is 0 Å². The minimum Gasteiger partial charge on any atom is -0.399 e. The van der Waals surface area contributed by atoms with Crippen LogP contribution in [0.15, 0.2) is 47.4 Å². The molecule has 2 aromatic rings. The summed E-state index contributed by atoms with van der Waals surface area (Å²) in [4.78, 5) is 10.3. The smallest absolute Gasteiger partial charge is 0.305 e. The maximum Gasteiger partial charge on any atom is 0.305 e. The molecule has 104 valence electrons. The molecule has 2 aromatic carbocycles. The Kier molecular flexibility index (Phi) is 4.09. The summed E-state index contributed by atoms with van der Waals surface area (Å²) in [6.45, 7) is 0. The molecule has 1 unspecified atom stereocenters. The molecular weight excluding hydrogens is 283 g/mol. The molecule has 0 spiro atoms. The lowest BCUT2D eigenvalue weighted by Gasteiger charge is -2.05. The van der Waals surface area contributed by atoms with E-state index in [2.05, 4.69) is 0 Å². The first kappa shape index (κ1) is 14.1. The molecule has 1 atom stereocenters. The lowest BCUT2D eigenvalue weighted by molar-refractivity contribution is -0.387. The number of hydrogen-bond donors (Lipinski definition) is 1. The van der Waals surface area contributed by atoms with Gasteiger partial charge < -0.3 is 5.73 Å². The largest absolute Gasteiger partial charge is 0.399 e. The van der Waals surface area contributed by atoms with E-state index in [1.54, 1.807) is 24.3 Å². The SMILES string of the molecule is Nc1ccc(S(=O)Cc2cccc([N+](=O)[O-])c2F)cc1. The Balaban J connectivity index is 2.26. The van der Waals surface area contributed by atoms with E-state index in [0.717, 1.165) is 6.07 Å². The number of nitrogens with two attached hydrogens (primary N) is 1. The lowest BCUT2D eigenvalue weighted by Crippen LogP contribution is -2.02. The molecule has 0 aromatic heterocycles. The molecule has 5 nitrogen and oxygen atoms in total. The van der Waals surface area contributed by atoms with Crippen LogP contribution in [0.4, 0.5) is 15.8 Å². The maximum atomic E-state index is 13.9. The van der Waals surface area contributed by atoms with Crippen molar-refractivity contribution in [2.45, 2.75) is 10.6 Å². The van der Waals surface area contributed by atoms with Crippen LogP contribution in [-0.4, -0.2) is 9.13 Å². The highest BCUT2D eigenvalue weighted by Crippen LogP contribution is 2.23. The van der Waals surface area contributed by atoms with Crippen molar-refractivity contribution in [3.63, 3.8) is 0 Å². The first-order valence-corrected chi connectivity index (χ1v) is 6.96. The monoisotopic (exact) mass is 294 g/mol. The zero-order valence-electron chi connectivity index (χ0n) is 10.3. The Morgan fingerprint density at radius 3 is 2.45 bits per heavy atom. The molecule has 2 N–H and O–H groups in total. The summed E-state index contributed by atoms with van der Waals surface area (Å²) < 4.78 is 26.0. The molecule has 0 saturated carbocycles. The van der Waals surface area contributed by atoms with Crippen molar-refractivity contribution < 1.29 is 13.5 Å². The molecule has 0 saturated heterocycles. The molecule has 7 heteroatoms. The Morgan fingerprint density at radius 2 is 1.85 bits per heavy atom. The number of hydrogen-bond acceptors (Lipinski definition) is 4. The average molecular weight is 294 g/mol. The van der Waals surface area contributed by atoms with Crippen LogP contribution in [0.5, 0.6) is 0 Å². The van der Waals surface area contributed by atoms with Crippen LogP contribution in [-0.2, 0) is 16.6 Å². The van der Waals surface area contributed by atoms with Gasteiger partial charge >= 0.3 is 5.69 Å². The topological polar surface area (TPSA) is 86.2 Å². The standard InChI is InChI=1S/C13H11FN2O3S/c14-13-9(2-1-3-12(13)16(17)18)8-20(19)11-6-4-10(15)5-7-11/h1-7H,8,15H2. The molecule has 20 heavy (non-hydrogen) atoms. The molecule has 0 fully saturated rings. The summed E-state index contributed by atoms with van der Waals surface area (Å²) in [5.74, 6) is -1.07. The summed E-state index contributed by atoms with van der Waals surface area (Å²) in [6.07, 6.45) is 0.